The summed E-state index contributed by atoms with van der Waals surface area (Å²) in [6.45, 7) is 3.44. The second kappa shape index (κ2) is 10.9. The number of ether oxygens (including phenoxy) is 3. The lowest BCUT2D eigenvalue weighted by atomic mass is 10.1. The van der Waals surface area contributed by atoms with Gasteiger partial charge in [0.15, 0.2) is 36.2 Å². The first kappa shape index (κ1) is 24.8. The number of carbonyl (C=O) groups is 3. The number of nitrogens with one attached hydrogen (secondary N) is 1. The van der Waals surface area contributed by atoms with Crippen molar-refractivity contribution in [2.24, 2.45) is 0 Å². The number of amides is 2. The first-order valence-electron chi connectivity index (χ1n) is 11.5. The van der Waals surface area contributed by atoms with E-state index in [9.17, 15) is 14.4 Å². The maximum atomic E-state index is 12.9. The fourth-order valence-electron chi connectivity index (χ4n) is 3.54. The lowest BCUT2D eigenvalue weighted by Gasteiger charge is -2.28. The van der Waals surface area contributed by atoms with Crippen LogP contribution in [-0.2, 0) is 11.3 Å². The Balaban J connectivity index is 1.50. The van der Waals surface area contributed by atoms with Gasteiger partial charge in [-0.15, -0.1) is 0 Å². The molecular formula is C26H27N3O7. The largest absolute Gasteiger partial charge is 0.493 e. The van der Waals surface area contributed by atoms with E-state index in [2.05, 4.69) is 10.3 Å². The first-order valence-corrected chi connectivity index (χ1v) is 11.5. The summed E-state index contributed by atoms with van der Waals surface area (Å²) in [6.07, 6.45) is 2.04. The van der Waals surface area contributed by atoms with Gasteiger partial charge in [-0.25, -0.2) is 4.98 Å². The molecule has 0 saturated carbocycles. The van der Waals surface area contributed by atoms with Crippen molar-refractivity contribution in [3.63, 3.8) is 0 Å². The molecule has 2 heterocycles. The number of hydrogen-bond acceptors (Lipinski definition) is 8. The average molecular weight is 494 g/mol. The number of hydrogen-bond donors (Lipinski definition) is 1. The molecule has 0 bridgehead atoms. The Labute approximate surface area is 208 Å². The molecule has 0 aliphatic carbocycles. The summed E-state index contributed by atoms with van der Waals surface area (Å²) in [4.78, 5) is 43.5. The normalized spacial score (nSPS) is 13.4. The van der Waals surface area contributed by atoms with E-state index in [1.54, 1.807) is 42.5 Å². The predicted octanol–water partition coefficient (Wildman–Crippen LogP) is 3.40. The number of ketones is 1. The smallest absolute Gasteiger partial charge is 0.273 e. The van der Waals surface area contributed by atoms with Crippen LogP contribution in [0.25, 0.3) is 0 Å². The van der Waals surface area contributed by atoms with Gasteiger partial charge in [0.25, 0.3) is 11.8 Å². The van der Waals surface area contributed by atoms with Crippen LogP contribution in [-0.4, -0.2) is 48.9 Å². The van der Waals surface area contributed by atoms with E-state index in [0.717, 1.165) is 6.42 Å². The topological polar surface area (TPSA) is 120 Å². The molecule has 1 N–H and O–H groups in total. The van der Waals surface area contributed by atoms with E-state index in [-0.39, 0.29) is 55.0 Å². The van der Waals surface area contributed by atoms with Gasteiger partial charge in [-0.2, -0.15) is 0 Å². The maximum absolute atomic E-state index is 12.9. The summed E-state index contributed by atoms with van der Waals surface area (Å²) < 4.78 is 21.9. The van der Waals surface area contributed by atoms with Crippen LogP contribution in [0.2, 0.25) is 0 Å². The first-order chi connectivity index (χ1) is 17.4. The number of anilines is 1. The summed E-state index contributed by atoms with van der Waals surface area (Å²) in [5, 5.41) is 2.82. The predicted molar refractivity (Wildman–Crippen MR) is 130 cm³/mol. The summed E-state index contributed by atoms with van der Waals surface area (Å²) in [5.41, 5.74) is 0.870. The lowest BCUT2D eigenvalue weighted by molar-refractivity contribution is -0.121. The molecule has 1 aliphatic rings. The van der Waals surface area contributed by atoms with Crippen LogP contribution in [0.5, 0.6) is 17.2 Å². The van der Waals surface area contributed by atoms with Crippen LogP contribution < -0.4 is 24.4 Å². The highest BCUT2D eigenvalue weighted by Gasteiger charge is 2.28. The molecule has 0 fully saturated rings. The summed E-state index contributed by atoms with van der Waals surface area (Å²) >= 11 is 0. The molecule has 1 atom stereocenters. The van der Waals surface area contributed by atoms with Gasteiger partial charge in [0.1, 0.15) is 18.6 Å². The number of fused-ring (bicyclic) bond motifs is 1. The number of rotatable bonds is 10. The molecule has 1 aromatic heterocycles. The van der Waals surface area contributed by atoms with E-state index >= 15 is 0 Å². The van der Waals surface area contributed by atoms with Gasteiger partial charge in [0.2, 0.25) is 5.89 Å². The monoisotopic (exact) mass is 493 g/mol. The molecule has 10 nitrogen and oxygen atoms in total. The standard InChI is InChI=1S/C26H27N3O7/c1-4-16(2)27-26(32)18-13-36-24(28-18)12-29-19-11-17(9-10-21(19)35-15-25(29)31)20(30)14-34-23-8-6-5-7-22(23)33-3/h5-11,13,16H,4,12,14-15H2,1-3H3,(H,27,32)/t16-/m0/s1. The number of aromatic nitrogens is 1. The minimum atomic E-state index is -0.351. The van der Waals surface area contributed by atoms with E-state index in [0.29, 0.717) is 28.5 Å². The van der Waals surface area contributed by atoms with Crippen LogP contribution in [0, 0.1) is 0 Å². The highest BCUT2D eigenvalue weighted by atomic mass is 16.5. The van der Waals surface area contributed by atoms with Crippen molar-refractivity contribution in [2.75, 3.05) is 25.2 Å². The molecule has 0 spiro atoms. The summed E-state index contributed by atoms with van der Waals surface area (Å²) in [7, 11) is 1.52. The van der Waals surface area contributed by atoms with Gasteiger partial charge in [-0.3, -0.25) is 19.3 Å². The van der Waals surface area contributed by atoms with Crippen molar-refractivity contribution >= 4 is 23.3 Å². The maximum Gasteiger partial charge on any atom is 0.273 e. The molecule has 4 rings (SSSR count). The highest BCUT2D eigenvalue weighted by molar-refractivity contribution is 6.02. The molecule has 10 heteroatoms. The van der Waals surface area contributed by atoms with Crippen LogP contribution in [0.15, 0.2) is 53.1 Å². The molecule has 0 saturated heterocycles. The third kappa shape index (κ3) is 5.48. The zero-order valence-electron chi connectivity index (χ0n) is 20.3. The number of nitrogens with zero attached hydrogens (tertiary/aromatic N) is 2. The van der Waals surface area contributed by atoms with Crippen molar-refractivity contribution in [1.29, 1.82) is 0 Å². The van der Waals surface area contributed by atoms with Crippen molar-refractivity contribution in [3.05, 3.63) is 65.9 Å². The minimum absolute atomic E-state index is 0.00624. The highest BCUT2D eigenvalue weighted by Crippen LogP contribution is 2.34. The summed E-state index contributed by atoms with van der Waals surface area (Å²) in [6, 6.07) is 11.8. The molecule has 3 aromatic rings. The number of Topliss-reactive ketones (excluding diaryl/α,β-unsaturated/α-hetero) is 1. The van der Waals surface area contributed by atoms with Gasteiger partial charge < -0.3 is 23.9 Å². The Morgan fingerprint density at radius 2 is 1.97 bits per heavy atom. The third-order valence-corrected chi connectivity index (χ3v) is 5.72. The van der Waals surface area contributed by atoms with Gasteiger partial charge in [-0.1, -0.05) is 19.1 Å². The zero-order chi connectivity index (χ0) is 25.7. The average Bonchev–Trinajstić information content (AvgIpc) is 3.37. The molecular weight excluding hydrogens is 466 g/mol. The number of para-hydroxylation sites is 2. The SMILES string of the molecule is CC[C@H](C)NC(=O)c1coc(CN2C(=O)COc3ccc(C(=O)COc4ccccc4OC)cc32)n1. The number of oxazole rings is 1. The second-order valence-corrected chi connectivity index (χ2v) is 8.22. The van der Waals surface area contributed by atoms with Crippen LogP contribution in [0.1, 0.15) is 47.0 Å². The van der Waals surface area contributed by atoms with Crippen LogP contribution in [0.4, 0.5) is 5.69 Å². The third-order valence-electron chi connectivity index (χ3n) is 5.72. The molecule has 188 valence electrons. The van der Waals surface area contributed by atoms with Crippen molar-refractivity contribution in [3.8, 4) is 17.2 Å². The number of benzene rings is 2. The molecule has 1 aliphatic heterocycles. The summed E-state index contributed by atoms with van der Waals surface area (Å²) in [5.74, 6) is 0.617. The van der Waals surface area contributed by atoms with Crippen LogP contribution in [0.3, 0.4) is 0 Å². The van der Waals surface area contributed by atoms with Crippen molar-refractivity contribution < 1.29 is 33.0 Å². The van der Waals surface area contributed by atoms with Gasteiger partial charge in [0.05, 0.1) is 12.8 Å². The Bertz CT molecular complexity index is 1270. The molecule has 36 heavy (non-hydrogen) atoms. The van der Waals surface area contributed by atoms with Gasteiger partial charge >= 0.3 is 0 Å². The second-order valence-electron chi connectivity index (χ2n) is 8.22. The van der Waals surface area contributed by atoms with E-state index in [1.165, 1.54) is 18.3 Å². The van der Waals surface area contributed by atoms with Gasteiger partial charge in [-0.05, 0) is 43.7 Å². The number of methoxy groups -OCH3 is 1. The Morgan fingerprint density at radius 1 is 1.19 bits per heavy atom. The van der Waals surface area contributed by atoms with Crippen LogP contribution >= 0.6 is 0 Å². The fourth-order valence-corrected chi connectivity index (χ4v) is 3.54. The van der Waals surface area contributed by atoms with E-state index in [4.69, 9.17) is 18.6 Å². The molecule has 0 radical (unpaired) electrons. The Morgan fingerprint density at radius 3 is 2.72 bits per heavy atom. The van der Waals surface area contributed by atoms with Crippen molar-refractivity contribution in [2.45, 2.75) is 32.9 Å². The fraction of sp³-hybridized carbons (Fsp3) is 0.308. The van der Waals surface area contributed by atoms with Crippen molar-refractivity contribution in [1.82, 2.24) is 10.3 Å². The van der Waals surface area contributed by atoms with Gasteiger partial charge in [0, 0.05) is 11.6 Å². The zero-order valence-corrected chi connectivity index (χ0v) is 20.3. The molecule has 2 amide bonds. The number of carbonyl (C=O) groups excluding carboxylic acids is 3. The quantitative estimate of drug-likeness (QED) is 0.427. The van der Waals surface area contributed by atoms with E-state index in [1.807, 2.05) is 13.8 Å². The lowest BCUT2D eigenvalue weighted by Crippen LogP contribution is -2.38. The Hall–Kier alpha value is -4.34. The molecule has 2 aromatic carbocycles. The van der Waals surface area contributed by atoms with E-state index < -0.39 is 0 Å². The Kier molecular flexibility index (Phi) is 7.53. The molecule has 0 unspecified atom stereocenters. The minimum Gasteiger partial charge on any atom is -0.493 e.